The van der Waals surface area contributed by atoms with Gasteiger partial charge < -0.3 is 0 Å². The van der Waals surface area contributed by atoms with E-state index in [0.29, 0.717) is 28.3 Å². The third-order valence-corrected chi connectivity index (χ3v) is 8.78. The first-order valence-electron chi connectivity index (χ1n) is 9.06. The standard InChI is InChI=1S/C19H26O2/c1-17-7-6-15-13(14(17)2-3-16(17)21)5-8-18-10-12(20)4-9-19(15,18)11-18/h13-15H,2-11H2,1H3/t13?,14?,15?,17-,18-,19-/m1/s1. The van der Waals surface area contributed by atoms with Gasteiger partial charge >= 0.3 is 0 Å². The van der Waals surface area contributed by atoms with E-state index in [1.807, 2.05) is 0 Å². The van der Waals surface area contributed by atoms with E-state index in [1.165, 1.54) is 32.1 Å². The molecule has 0 N–H and O–H groups in total. The highest BCUT2D eigenvalue weighted by Gasteiger charge is 2.75. The molecule has 5 saturated carbocycles. The number of fused-ring (bicyclic) bond motifs is 3. The average molecular weight is 286 g/mol. The van der Waals surface area contributed by atoms with Crippen molar-refractivity contribution in [1.82, 2.24) is 0 Å². The van der Waals surface area contributed by atoms with Crippen molar-refractivity contribution in [1.29, 1.82) is 0 Å². The molecular formula is C19H26O2. The van der Waals surface area contributed by atoms with Gasteiger partial charge in [0.15, 0.2) is 0 Å². The normalized spacial score (nSPS) is 58.0. The molecule has 2 heteroatoms. The molecule has 0 amide bonds. The van der Waals surface area contributed by atoms with E-state index >= 15 is 0 Å². The van der Waals surface area contributed by atoms with Crippen molar-refractivity contribution in [3.63, 3.8) is 0 Å². The molecule has 5 fully saturated rings. The number of ketones is 2. The Bertz CT molecular complexity index is 552. The Kier molecular flexibility index (Phi) is 2.22. The van der Waals surface area contributed by atoms with E-state index in [0.717, 1.165) is 43.9 Å². The average Bonchev–Trinajstić information content (AvgIpc) is 3.05. The van der Waals surface area contributed by atoms with Gasteiger partial charge in [0.2, 0.25) is 0 Å². The second kappa shape index (κ2) is 3.63. The maximum absolute atomic E-state index is 12.4. The van der Waals surface area contributed by atoms with Crippen molar-refractivity contribution in [3.05, 3.63) is 0 Å². The van der Waals surface area contributed by atoms with Crippen molar-refractivity contribution in [2.75, 3.05) is 0 Å². The summed E-state index contributed by atoms with van der Waals surface area (Å²) < 4.78 is 0. The van der Waals surface area contributed by atoms with Crippen LogP contribution in [0.25, 0.3) is 0 Å². The molecule has 114 valence electrons. The smallest absolute Gasteiger partial charge is 0.139 e. The van der Waals surface area contributed by atoms with Gasteiger partial charge in [-0.1, -0.05) is 6.92 Å². The molecule has 21 heavy (non-hydrogen) atoms. The predicted molar refractivity (Wildman–Crippen MR) is 79.6 cm³/mol. The van der Waals surface area contributed by atoms with Crippen LogP contribution >= 0.6 is 0 Å². The Labute approximate surface area is 127 Å². The van der Waals surface area contributed by atoms with E-state index < -0.39 is 0 Å². The van der Waals surface area contributed by atoms with Gasteiger partial charge in [0, 0.05) is 24.7 Å². The quantitative estimate of drug-likeness (QED) is 0.676. The van der Waals surface area contributed by atoms with Crippen LogP contribution in [-0.4, -0.2) is 11.6 Å². The topological polar surface area (TPSA) is 34.1 Å². The molecule has 0 aromatic heterocycles. The highest BCUT2D eigenvalue weighted by Crippen LogP contribution is 2.82. The summed E-state index contributed by atoms with van der Waals surface area (Å²) in [5.74, 6) is 3.37. The van der Waals surface area contributed by atoms with Gasteiger partial charge in [-0.15, -0.1) is 0 Å². The minimum Gasteiger partial charge on any atom is -0.300 e. The minimum atomic E-state index is 0.0111. The lowest BCUT2D eigenvalue weighted by molar-refractivity contribution is -0.134. The van der Waals surface area contributed by atoms with Crippen molar-refractivity contribution in [3.8, 4) is 0 Å². The van der Waals surface area contributed by atoms with Crippen LogP contribution < -0.4 is 0 Å². The largest absolute Gasteiger partial charge is 0.300 e. The third-order valence-electron chi connectivity index (χ3n) is 8.78. The Morgan fingerprint density at radius 1 is 0.952 bits per heavy atom. The van der Waals surface area contributed by atoms with Crippen molar-refractivity contribution in [2.24, 2.45) is 34.0 Å². The first kappa shape index (κ1) is 12.8. The van der Waals surface area contributed by atoms with Crippen molar-refractivity contribution < 1.29 is 9.59 Å². The lowest BCUT2D eigenvalue weighted by atomic mass is 9.50. The maximum atomic E-state index is 12.4. The molecule has 0 aromatic rings. The molecule has 0 saturated heterocycles. The highest BCUT2D eigenvalue weighted by molar-refractivity contribution is 5.87. The molecule has 5 aliphatic carbocycles. The molecule has 5 aliphatic rings. The summed E-state index contributed by atoms with van der Waals surface area (Å²) >= 11 is 0. The zero-order valence-corrected chi connectivity index (χ0v) is 13.1. The van der Waals surface area contributed by atoms with Gasteiger partial charge in [-0.2, -0.15) is 0 Å². The first-order chi connectivity index (χ1) is 10.0. The fraction of sp³-hybridized carbons (Fsp3) is 0.895. The molecule has 6 atom stereocenters. The van der Waals surface area contributed by atoms with E-state index in [-0.39, 0.29) is 5.41 Å². The van der Waals surface area contributed by atoms with Crippen molar-refractivity contribution in [2.45, 2.75) is 71.1 Å². The zero-order valence-electron chi connectivity index (χ0n) is 13.1. The number of rotatable bonds is 0. The highest BCUT2D eigenvalue weighted by atomic mass is 16.1. The monoisotopic (exact) mass is 286 g/mol. The van der Waals surface area contributed by atoms with Gasteiger partial charge in [0.1, 0.15) is 11.6 Å². The predicted octanol–water partition coefficient (Wildman–Crippen LogP) is 3.92. The van der Waals surface area contributed by atoms with E-state index in [4.69, 9.17) is 0 Å². The summed E-state index contributed by atoms with van der Waals surface area (Å²) in [5.41, 5.74) is 0.952. The van der Waals surface area contributed by atoms with E-state index in [1.54, 1.807) is 0 Å². The molecular weight excluding hydrogens is 260 g/mol. The van der Waals surface area contributed by atoms with E-state index in [2.05, 4.69) is 6.92 Å². The lowest BCUT2D eigenvalue weighted by Crippen LogP contribution is -2.48. The van der Waals surface area contributed by atoms with Crippen LogP contribution in [-0.2, 0) is 9.59 Å². The summed E-state index contributed by atoms with van der Waals surface area (Å²) in [6.45, 7) is 2.26. The van der Waals surface area contributed by atoms with Crippen LogP contribution in [0.4, 0.5) is 0 Å². The van der Waals surface area contributed by atoms with Gasteiger partial charge in [-0.05, 0) is 73.5 Å². The second-order valence-electron chi connectivity index (χ2n) is 9.16. The number of Topliss-reactive ketones (excluding diaryl/α,β-unsaturated/α-hetero) is 2. The summed E-state index contributed by atoms with van der Waals surface area (Å²) in [6, 6.07) is 0. The van der Waals surface area contributed by atoms with Crippen LogP contribution in [0, 0.1) is 34.0 Å². The minimum absolute atomic E-state index is 0.0111. The van der Waals surface area contributed by atoms with Gasteiger partial charge in [-0.3, -0.25) is 9.59 Å². The van der Waals surface area contributed by atoms with Crippen LogP contribution in [0.3, 0.4) is 0 Å². The fourth-order valence-electron chi connectivity index (χ4n) is 7.71. The van der Waals surface area contributed by atoms with Gasteiger partial charge in [0.25, 0.3) is 0 Å². The molecule has 0 spiro atoms. The molecule has 5 rings (SSSR count). The van der Waals surface area contributed by atoms with Crippen LogP contribution in [0.1, 0.15) is 71.1 Å². The molecule has 3 unspecified atom stereocenters. The zero-order chi connectivity index (χ0) is 14.5. The molecule has 0 aliphatic heterocycles. The molecule has 0 aromatic carbocycles. The number of hydrogen-bond donors (Lipinski definition) is 0. The number of carbonyl (C=O) groups is 2. The second-order valence-corrected chi connectivity index (χ2v) is 9.16. The first-order valence-corrected chi connectivity index (χ1v) is 9.06. The summed E-state index contributed by atoms with van der Waals surface area (Å²) in [7, 11) is 0. The fourth-order valence-corrected chi connectivity index (χ4v) is 7.71. The third kappa shape index (κ3) is 1.32. The van der Waals surface area contributed by atoms with E-state index in [9.17, 15) is 9.59 Å². The van der Waals surface area contributed by atoms with Gasteiger partial charge in [0.05, 0.1) is 0 Å². The Balaban J connectivity index is 1.50. The lowest BCUT2D eigenvalue weighted by Gasteiger charge is -2.53. The SMILES string of the molecule is C[C@@]12CCC3C(CC[C@]45CC(=O)CC[C@@]34C5)C1CCC2=O. The Morgan fingerprint density at radius 2 is 1.81 bits per heavy atom. The maximum Gasteiger partial charge on any atom is 0.139 e. The molecule has 2 nitrogen and oxygen atoms in total. The Morgan fingerprint density at radius 3 is 2.67 bits per heavy atom. The number of carbonyl (C=O) groups excluding carboxylic acids is 2. The van der Waals surface area contributed by atoms with Crippen LogP contribution in [0.5, 0.6) is 0 Å². The van der Waals surface area contributed by atoms with Crippen LogP contribution in [0.15, 0.2) is 0 Å². The summed E-state index contributed by atoms with van der Waals surface area (Å²) in [4.78, 5) is 24.3. The van der Waals surface area contributed by atoms with Crippen LogP contribution in [0.2, 0.25) is 0 Å². The van der Waals surface area contributed by atoms with Gasteiger partial charge in [-0.25, -0.2) is 0 Å². The number of hydrogen-bond acceptors (Lipinski definition) is 2. The Hall–Kier alpha value is -0.660. The molecule has 0 heterocycles. The molecule has 0 bridgehead atoms. The van der Waals surface area contributed by atoms with Crippen molar-refractivity contribution >= 4 is 11.6 Å². The summed E-state index contributed by atoms with van der Waals surface area (Å²) in [5, 5.41) is 0. The summed E-state index contributed by atoms with van der Waals surface area (Å²) in [6.07, 6.45) is 11.2. The molecule has 0 radical (unpaired) electrons.